The van der Waals surface area contributed by atoms with Crippen molar-refractivity contribution in [3.05, 3.63) is 59.1 Å². The monoisotopic (exact) mass is 291 g/mol. The van der Waals surface area contributed by atoms with Crippen LogP contribution in [0.15, 0.2) is 48.5 Å². The van der Waals surface area contributed by atoms with E-state index in [1.54, 1.807) is 6.07 Å². The maximum atomic E-state index is 5.88. The fourth-order valence-electron chi connectivity index (χ4n) is 1.78. The smallest absolute Gasteiger partial charge is 0.122 e. The molecule has 0 atom stereocenters. The third-order valence-electron chi connectivity index (χ3n) is 2.72. The average molecular weight is 292 g/mol. The van der Waals surface area contributed by atoms with Gasteiger partial charge in [-0.05, 0) is 42.9 Å². The number of ether oxygens (including phenoxy) is 2. The van der Waals surface area contributed by atoms with Gasteiger partial charge in [-0.3, -0.25) is 0 Å². The van der Waals surface area contributed by atoms with Crippen molar-refractivity contribution in [2.75, 3.05) is 20.3 Å². The van der Waals surface area contributed by atoms with Crippen molar-refractivity contribution in [3.8, 4) is 11.5 Å². The van der Waals surface area contributed by atoms with Gasteiger partial charge in [0, 0.05) is 11.6 Å². The molecule has 2 aromatic carbocycles. The van der Waals surface area contributed by atoms with Crippen LogP contribution in [0.1, 0.15) is 5.56 Å². The minimum absolute atomic E-state index is 0.485. The summed E-state index contributed by atoms with van der Waals surface area (Å²) in [6.07, 6.45) is 0. The number of hydrogen-bond acceptors (Lipinski definition) is 3. The van der Waals surface area contributed by atoms with Crippen LogP contribution in [0.2, 0.25) is 5.02 Å². The molecule has 2 rings (SSSR count). The summed E-state index contributed by atoms with van der Waals surface area (Å²) in [5, 5.41) is 3.78. The maximum Gasteiger partial charge on any atom is 0.122 e. The van der Waals surface area contributed by atoms with Gasteiger partial charge in [-0.2, -0.15) is 0 Å². The van der Waals surface area contributed by atoms with E-state index >= 15 is 0 Å². The molecule has 0 spiro atoms. The Kier molecular flexibility index (Phi) is 5.71. The van der Waals surface area contributed by atoms with Crippen LogP contribution in [0.25, 0.3) is 0 Å². The lowest BCUT2D eigenvalue weighted by Gasteiger charge is -2.09. The molecule has 0 amide bonds. The fourth-order valence-corrected chi connectivity index (χ4v) is 1.96. The van der Waals surface area contributed by atoms with Crippen molar-refractivity contribution in [1.29, 1.82) is 0 Å². The van der Waals surface area contributed by atoms with Crippen LogP contribution < -0.4 is 14.8 Å². The van der Waals surface area contributed by atoms with Crippen molar-refractivity contribution in [3.63, 3.8) is 0 Å². The molecule has 2 aromatic rings. The van der Waals surface area contributed by atoms with E-state index in [1.807, 2.05) is 49.5 Å². The van der Waals surface area contributed by atoms with E-state index in [4.69, 9.17) is 21.1 Å². The van der Waals surface area contributed by atoms with Gasteiger partial charge in [0.05, 0.1) is 0 Å². The summed E-state index contributed by atoms with van der Waals surface area (Å²) in [5.41, 5.74) is 1.23. The van der Waals surface area contributed by atoms with Gasteiger partial charge < -0.3 is 14.8 Å². The molecule has 0 aliphatic rings. The Morgan fingerprint density at radius 2 is 1.65 bits per heavy atom. The number of rotatable bonds is 7. The zero-order valence-electron chi connectivity index (χ0n) is 11.4. The van der Waals surface area contributed by atoms with Gasteiger partial charge >= 0.3 is 0 Å². The fraction of sp³-hybridized carbons (Fsp3) is 0.250. The number of benzene rings is 2. The Balaban J connectivity index is 1.73. The lowest BCUT2D eigenvalue weighted by atomic mass is 10.2. The number of hydrogen-bond donors (Lipinski definition) is 1. The van der Waals surface area contributed by atoms with Crippen LogP contribution in [0.5, 0.6) is 11.5 Å². The molecule has 106 valence electrons. The Hall–Kier alpha value is -1.71. The molecule has 0 bridgehead atoms. The predicted octanol–water partition coefficient (Wildman–Crippen LogP) is 3.52. The second kappa shape index (κ2) is 7.78. The molecular weight excluding hydrogens is 274 g/mol. The normalized spacial score (nSPS) is 10.3. The summed E-state index contributed by atoms with van der Waals surface area (Å²) < 4.78 is 11.2. The second-order valence-corrected chi connectivity index (χ2v) is 4.77. The van der Waals surface area contributed by atoms with Gasteiger partial charge in [0.25, 0.3) is 0 Å². The molecule has 0 saturated heterocycles. The van der Waals surface area contributed by atoms with Gasteiger partial charge in [0.15, 0.2) is 0 Å². The van der Waals surface area contributed by atoms with Gasteiger partial charge in [-0.1, -0.05) is 29.8 Å². The van der Waals surface area contributed by atoms with Crippen molar-refractivity contribution in [1.82, 2.24) is 5.32 Å². The first kappa shape index (κ1) is 14.7. The molecule has 0 saturated carbocycles. The second-order valence-electron chi connectivity index (χ2n) is 4.33. The largest absolute Gasteiger partial charge is 0.490 e. The highest BCUT2D eigenvalue weighted by molar-refractivity contribution is 6.30. The molecule has 0 unspecified atom stereocenters. The maximum absolute atomic E-state index is 5.88. The Bertz CT molecular complexity index is 528. The molecule has 1 N–H and O–H groups in total. The van der Waals surface area contributed by atoms with Crippen LogP contribution in [0.3, 0.4) is 0 Å². The van der Waals surface area contributed by atoms with Gasteiger partial charge in [-0.15, -0.1) is 0 Å². The number of nitrogens with one attached hydrogen (secondary N) is 1. The van der Waals surface area contributed by atoms with E-state index in [0.717, 1.165) is 18.0 Å². The highest BCUT2D eigenvalue weighted by atomic mass is 35.5. The standard InChI is InChI=1S/C16H18ClNO2/c1-18-12-13-5-7-15(8-6-13)19-9-10-20-16-4-2-3-14(17)11-16/h2-8,11,18H,9-10,12H2,1H3. The first-order valence-electron chi connectivity index (χ1n) is 6.52. The predicted molar refractivity (Wildman–Crippen MR) is 81.6 cm³/mol. The third kappa shape index (κ3) is 4.76. The van der Waals surface area contributed by atoms with Crippen LogP contribution >= 0.6 is 11.6 Å². The van der Waals surface area contributed by atoms with Crippen molar-refractivity contribution < 1.29 is 9.47 Å². The van der Waals surface area contributed by atoms with Crippen LogP contribution in [0.4, 0.5) is 0 Å². The van der Waals surface area contributed by atoms with E-state index in [9.17, 15) is 0 Å². The molecule has 4 heteroatoms. The van der Waals surface area contributed by atoms with E-state index < -0.39 is 0 Å². The average Bonchev–Trinajstić information content (AvgIpc) is 2.46. The lowest BCUT2D eigenvalue weighted by molar-refractivity contribution is 0.217. The Morgan fingerprint density at radius 3 is 2.30 bits per heavy atom. The van der Waals surface area contributed by atoms with E-state index in [1.165, 1.54) is 5.56 Å². The van der Waals surface area contributed by atoms with E-state index in [0.29, 0.717) is 18.2 Å². The summed E-state index contributed by atoms with van der Waals surface area (Å²) in [7, 11) is 1.93. The molecule has 0 radical (unpaired) electrons. The zero-order valence-corrected chi connectivity index (χ0v) is 12.2. The van der Waals surface area contributed by atoms with Gasteiger partial charge in [-0.25, -0.2) is 0 Å². The molecular formula is C16H18ClNO2. The summed E-state index contributed by atoms with van der Waals surface area (Å²) >= 11 is 5.88. The first-order chi connectivity index (χ1) is 9.78. The summed E-state index contributed by atoms with van der Waals surface area (Å²) in [6.45, 7) is 1.84. The zero-order chi connectivity index (χ0) is 14.2. The summed E-state index contributed by atoms with van der Waals surface area (Å²) in [4.78, 5) is 0. The molecule has 0 aliphatic carbocycles. The third-order valence-corrected chi connectivity index (χ3v) is 2.96. The van der Waals surface area contributed by atoms with Gasteiger partial charge in [0.2, 0.25) is 0 Å². The Morgan fingerprint density at radius 1 is 0.950 bits per heavy atom. The summed E-state index contributed by atoms with van der Waals surface area (Å²) in [5.74, 6) is 1.60. The SMILES string of the molecule is CNCc1ccc(OCCOc2cccc(Cl)c2)cc1. The highest BCUT2D eigenvalue weighted by Gasteiger charge is 1.97. The summed E-state index contributed by atoms with van der Waals surface area (Å²) in [6, 6.07) is 15.4. The molecule has 0 aromatic heterocycles. The van der Waals surface area contributed by atoms with Gasteiger partial charge in [0.1, 0.15) is 24.7 Å². The quantitative estimate of drug-likeness (QED) is 0.792. The minimum Gasteiger partial charge on any atom is -0.490 e. The number of halogens is 1. The van der Waals surface area contributed by atoms with Crippen molar-refractivity contribution >= 4 is 11.6 Å². The molecule has 0 fully saturated rings. The van der Waals surface area contributed by atoms with E-state index in [2.05, 4.69) is 5.32 Å². The first-order valence-corrected chi connectivity index (χ1v) is 6.90. The van der Waals surface area contributed by atoms with Crippen molar-refractivity contribution in [2.45, 2.75) is 6.54 Å². The van der Waals surface area contributed by atoms with Crippen molar-refractivity contribution in [2.24, 2.45) is 0 Å². The molecule has 0 aliphatic heterocycles. The Labute approximate surface area is 124 Å². The molecule has 20 heavy (non-hydrogen) atoms. The van der Waals surface area contributed by atoms with E-state index in [-0.39, 0.29) is 0 Å². The minimum atomic E-state index is 0.485. The molecule has 3 nitrogen and oxygen atoms in total. The van der Waals surface area contributed by atoms with Crippen LogP contribution in [-0.2, 0) is 6.54 Å². The van der Waals surface area contributed by atoms with Crippen LogP contribution in [0, 0.1) is 0 Å². The van der Waals surface area contributed by atoms with Crippen LogP contribution in [-0.4, -0.2) is 20.3 Å². The highest BCUT2D eigenvalue weighted by Crippen LogP contribution is 2.17. The lowest BCUT2D eigenvalue weighted by Crippen LogP contribution is -2.09. The molecule has 0 heterocycles. The topological polar surface area (TPSA) is 30.5 Å².